The van der Waals surface area contributed by atoms with Crippen molar-refractivity contribution in [3.8, 4) is 0 Å². The third kappa shape index (κ3) is 5.57. The summed E-state index contributed by atoms with van der Waals surface area (Å²) in [6.45, 7) is 0.0365. The van der Waals surface area contributed by atoms with Crippen LogP contribution in [-0.2, 0) is 32.0 Å². The van der Waals surface area contributed by atoms with Gasteiger partial charge in [-0.1, -0.05) is 28.8 Å². The van der Waals surface area contributed by atoms with Crippen LogP contribution in [0.5, 0.6) is 0 Å². The van der Waals surface area contributed by atoms with E-state index in [2.05, 4.69) is 14.9 Å². The molecule has 1 N–H and O–H groups in total. The molecule has 8 nitrogen and oxygen atoms in total. The molecule has 2 rings (SSSR count). The molecule has 0 unspecified atom stereocenters. The maximum atomic E-state index is 12.2. The number of hydrogen-bond donors (Lipinski definition) is 1. The Hall–Kier alpha value is -1.49. The quantitative estimate of drug-likeness (QED) is 0.755. The highest BCUT2D eigenvalue weighted by Crippen LogP contribution is 2.18. The molecule has 0 fully saturated rings. The van der Waals surface area contributed by atoms with Gasteiger partial charge in [0.05, 0.1) is 12.0 Å². The van der Waals surface area contributed by atoms with Gasteiger partial charge < -0.3 is 4.42 Å². The Bertz CT molecular complexity index is 893. The van der Waals surface area contributed by atoms with Crippen LogP contribution in [0, 0.1) is 0 Å². The largest absolute Gasteiger partial charge is 0.412 e. The van der Waals surface area contributed by atoms with Gasteiger partial charge in [0.15, 0.2) is 0 Å². The summed E-state index contributed by atoms with van der Waals surface area (Å²) in [6.07, 6.45) is 1.11. The molecular weight excluding hydrogens is 366 g/mol. The maximum absolute atomic E-state index is 12.2. The molecule has 0 aliphatic heterocycles. The molecule has 1 aromatic heterocycles. The highest BCUT2D eigenvalue weighted by Gasteiger charge is 2.23. The molecule has 0 radical (unpaired) electrons. The third-order valence-corrected chi connectivity index (χ3v) is 5.04. The summed E-state index contributed by atoms with van der Waals surface area (Å²) in [5.74, 6) is -0.289. The number of sulfonamides is 1. The molecule has 2 aromatic rings. The van der Waals surface area contributed by atoms with Gasteiger partial charge in [-0.3, -0.25) is 0 Å². The van der Waals surface area contributed by atoms with Gasteiger partial charge in [-0.2, -0.15) is 0 Å². The first-order chi connectivity index (χ1) is 10.7. The zero-order chi connectivity index (χ0) is 17.1. The molecule has 23 heavy (non-hydrogen) atoms. The fourth-order valence-electron chi connectivity index (χ4n) is 1.72. The van der Waals surface area contributed by atoms with Crippen molar-refractivity contribution in [2.24, 2.45) is 0 Å². The van der Waals surface area contributed by atoms with Gasteiger partial charge in [0, 0.05) is 18.0 Å². The average Bonchev–Trinajstić information content (AvgIpc) is 2.86. The predicted octanol–water partition coefficient (Wildman–Crippen LogP) is 0.789. The average molecular weight is 380 g/mol. The van der Waals surface area contributed by atoms with Crippen LogP contribution in [0.4, 0.5) is 0 Å². The number of nitrogens with one attached hydrogen (secondary N) is 1. The van der Waals surface area contributed by atoms with Crippen LogP contribution < -0.4 is 4.72 Å². The van der Waals surface area contributed by atoms with Crippen LogP contribution in [0.25, 0.3) is 0 Å². The van der Waals surface area contributed by atoms with Crippen LogP contribution in [-0.4, -0.2) is 39.8 Å². The summed E-state index contributed by atoms with van der Waals surface area (Å²) < 4.78 is 53.6. The molecule has 126 valence electrons. The molecule has 1 heterocycles. The predicted molar refractivity (Wildman–Crippen MR) is 83.2 cm³/mol. The van der Waals surface area contributed by atoms with Gasteiger partial charge in [0.25, 0.3) is 0 Å². The van der Waals surface area contributed by atoms with E-state index in [9.17, 15) is 16.8 Å². The van der Waals surface area contributed by atoms with Gasteiger partial charge in [0.2, 0.25) is 25.8 Å². The molecule has 0 saturated heterocycles. The number of nitrogens with zero attached hydrogens (tertiary/aromatic N) is 2. The van der Waals surface area contributed by atoms with Crippen molar-refractivity contribution in [2.75, 3.05) is 12.8 Å². The van der Waals surface area contributed by atoms with Crippen LogP contribution in [0.1, 0.15) is 11.5 Å². The smallest absolute Gasteiger partial charge is 0.335 e. The number of sulfone groups is 1. The number of hydrogen-bond acceptors (Lipinski definition) is 7. The van der Waals surface area contributed by atoms with Crippen molar-refractivity contribution >= 4 is 31.5 Å². The Morgan fingerprint density at radius 2 is 1.96 bits per heavy atom. The Kier molecular flexibility index (Phi) is 5.40. The Morgan fingerprint density at radius 1 is 1.22 bits per heavy atom. The Balaban J connectivity index is 2.06. The van der Waals surface area contributed by atoms with E-state index in [1.54, 1.807) is 18.2 Å². The summed E-state index contributed by atoms with van der Waals surface area (Å²) in [7, 11) is -7.13. The van der Waals surface area contributed by atoms with E-state index in [0.717, 1.165) is 6.26 Å². The fourth-order valence-corrected chi connectivity index (χ4v) is 3.53. The number of halogens is 1. The zero-order valence-electron chi connectivity index (χ0n) is 12.1. The second-order valence-corrected chi connectivity index (χ2v) is 8.90. The maximum Gasteiger partial charge on any atom is 0.335 e. The van der Waals surface area contributed by atoms with Gasteiger partial charge in [-0.15, -0.1) is 5.10 Å². The normalized spacial score (nSPS) is 12.4. The standard InChI is InChI=1S/C12H14ClN3O5S2/c1-22(17,18)14-6-5-11-15-16-12(21-11)23(19,20)8-9-3-2-4-10(13)7-9/h2-4,7,14H,5-6,8H2,1H3. The Morgan fingerprint density at radius 3 is 2.61 bits per heavy atom. The summed E-state index contributed by atoms with van der Waals surface area (Å²) in [5, 5.41) is 7.03. The van der Waals surface area contributed by atoms with Crippen molar-refractivity contribution in [1.82, 2.24) is 14.9 Å². The van der Waals surface area contributed by atoms with E-state index < -0.39 is 25.1 Å². The highest BCUT2D eigenvalue weighted by molar-refractivity contribution is 7.90. The van der Waals surface area contributed by atoms with Gasteiger partial charge in [-0.05, 0) is 17.7 Å². The fraction of sp³-hybridized carbons (Fsp3) is 0.333. The minimum atomic E-state index is -3.80. The molecule has 0 saturated carbocycles. The molecule has 11 heteroatoms. The highest BCUT2D eigenvalue weighted by atomic mass is 35.5. The number of rotatable bonds is 7. The van der Waals surface area contributed by atoms with Crippen molar-refractivity contribution < 1.29 is 21.3 Å². The summed E-state index contributed by atoms with van der Waals surface area (Å²) >= 11 is 5.82. The van der Waals surface area contributed by atoms with E-state index in [1.807, 2.05) is 0 Å². The van der Waals surface area contributed by atoms with Gasteiger partial charge in [0.1, 0.15) is 0 Å². The monoisotopic (exact) mass is 379 g/mol. The minimum absolute atomic E-state index is 0.0332. The molecule has 0 aliphatic carbocycles. The van der Waals surface area contributed by atoms with E-state index >= 15 is 0 Å². The molecule has 0 spiro atoms. The van der Waals surface area contributed by atoms with Crippen LogP contribution in [0.3, 0.4) is 0 Å². The first-order valence-corrected chi connectivity index (χ1v) is 10.3. The third-order valence-electron chi connectivity index (χ3n) is 2.66. The van der Waals surface area contributed by atoms with Crippen molar-refractivity contribution in [2.45, 2.75) is 17.4 Å². The molecule has 0 aliphatic rings. The summed E-state index contributed by atoms with van der Waals surface area (Å²) in [4.78, 5) is 0. The zero-order valence-corrected chi connectivity index (χ0v) is 14.4. The van der Waals surface area contributed by atoms with Crippen molar-refractivity contribution in [3.05, 3.63) is 40.7 Å². The molecule has 0 amide bonds. The SMILES string of the molecule is CS(=O)(=O)NCCc1nnc(S(=O)(=O)Cc2cccc(Cl)c2)o1. The van der Waals surface area contributed by atoms with E-state index in [1.165, 1.54) is 6.07 Å². The number of aromatic nitrogens is 2. The van der Waals surface area contributed by atoms with Crippen molar-refractivity contribution in [3.63, 3.8) is 0 Å². The lowest BCUT2D eigenvalue weighted by Gasteiger charge is -2.01. The van der Waals surface area contributed by atoms with E-state index in [0.29, 0.717) is 10.6 Å². The first kappa shape index (κ1) is 17.9. The van der Waals surface area contributed by atoms with Gasteiger partial charge in [-0.25, -0.2) is 21.6 Å². The molecule has 0 atom stereocenters. The van der Waals surface area contributed by atoms with Crippen LogP contribution in [0.15, 0.2) is 33.9 Å². The molecular formula is C12H14ClN3O5S2. The molecule has 1 aromatic carbocycles. The lowest BCUT2D eigenvalue weighted by atomic mass is 10.2. The van der Waals surface area contributed by atoms with Crippen LogP contribution >= 0.6 is 11.6 Å². The minimum Gasteiger partial charge on any atom is -0.412 e. The second kappa shape index (κ2) is 6.95. The van der Waals surface area contributed by atoms with Gasteiger partial charge >= 0.3 is 5.22 Å². The first-order valence-electron chi connectivity index (χ1n) is 6.40. The van der Waals surface area contributed by atoms with Crippen LogP contribution in [0.2, 0.25) is 5.02 Å². The number of benzene rings is 1. The summed E-state index contributed by atoms with van der Waals surface area (Å²) in [5.41, 5.74) is 0.496. The topological polar surface area (TPSA) is 119 Å². The van der Waals surface area contributed by atoms with E-state index in [-0.39, 0.29) is 24.6 Å². The van der Waals surface area contributed by atoms with E-state index in [4.69, 9.17) is 16.0 Å². The lowest BCUT2D eigenvalue weighted by molar-refractivity contribution is 0.396. The van der Waals surface area contributed by atoms with Crippen molar-refractivity contribution in [1.29, 1.82) is 0 Å². The Labute approximate surface area is 138 Å². The second-order valence-electron chi connectivity index (χ2n) is 4.77. The lowest BCUT2D eigenvalue weighted by Crippen LogP contribution is -2.24. The summed E-state index contributed by atoms with van der Waals surface area (Å²) in [6, 6.07) is 6.43. The molecule has 0 bridgehead atoms.